The Bertz CT molecular complexity index is 411. The highest BCUT2D eigenvalue weighted by molar-refractivity contribution is 5.72. The van der Waals surface area contributed by atoms with Crippen molar-refractivity contribution in [2.45, 2.75) is 45.6 Å². The molecule has 1 aromatic carbocycles. The first-order valence-electron chi connectivity index (χ1n) is 6.49. The van der Waals surface area contributed by atoms with Crippen LogP contribution in [0.15, 0.2) is 18.2 Å². The number of carbonyl (C=O) groups is 1. The van der Waals surface area contributed by atoms with Crippen molar-refractivity contribution in [2.24, 2.45) is 0 Å². The number of nitrogens with zero attached hydrogens (tertiary/aromatic N) is 1. The second-order valence-electron chi connectivity index (χ2n) is 5.04. The summed E-state index contributed by atoms with van der Waals surface area (Å²) in [6.45, 7) is 2.34. The zero-order valence-electron chi connectivity index (χ0n) is 10.8. The Hall–Kier alpha value is -1.31. The number of rotatable bonds is 2. The van der Waals surface area contributed by atoms with Gasteiger partial charge in [-0.15, -0.1) is 0 Å². The van der Waals surface area contributed by atoms with Gasteiger partial charge in [0.25, 0.3) is 0 Å². The zero-order valence-corrected chi connectivity index (χ0v) is 10.8. The molecule has 0 aromatic heterocycles. The number of hydrogen-bond acceptors (Lipinski definition) is 1. The highest BCUT2D eigenvalue weighted by Crippen LogP contribution is 2.22. The number of fused-ring (bicyclic) bond motifs is 1. The van der Waals surface area contributed by atoms with Crippen LogP contribution in [0.3, 0.4) is 0 Å². The van der Waals surface area contributed by atoms with Gasteiger partial charge in [-0.3, -0.25) is 4.79 Å². The van der Waals surface area contributed by atoms with Crippen molar-refractivity contribution in [3.8, 4) is 0 Å². The fourth-order valence-corrected chi connectivity index (χ4v) is 2.45. The van der Waals surface area contributed by atoms with Crippen LogP contribution < -0.4 is 0 Å². The van der Waals surface area contributed by atoms with Crippen molar-refractivity contribution >= 4 is 5.91 Å². The van der Waals surface area contributed by atoms with E-state index in [1.165, 1.54) is 48.8 Å². The van der Waals surface area contributed by atoms with Crippen molar-refractivity contribution in [3.05, 3.63) is 34.9 Å². The molecule has 0 saturated carbocycles. The normalized spacial score (nSPS) is 14.9. The average molecular weight is 231 g/mol. The largest absolute Gasteiger partial charge is 0.342 e. The molecule has 2 rings (SSSR count). The summed E-state index contributed by atoms with van der Waals surface area (Å²) in [7, 11) is 1.86. The third kappa shape index (κ3) is 3.09. The predicted octanol–water partition coefficient (Wildman–Crippen LogP) is 2.93. The molecule has 0 saturated heterocycles. The van der Waals surface area contributed by atoms with Gasteiger partial charge in [-0.05, 0) is 42.4 Å². The lowest BCUT2D eigenvalue weighted by atomic mass is 10.00. The lowest BCUT2D eigenvalue weighted by Gasteiger charge is -2.16. The fourth-order valence-electron chi connectivity index (χ4n) is 2.45. The number of aryl methyl sites for hydroxylation is 2. The molecular weight excluding hydrogens is 210 g/mol. The van der Waals surface area contributed by atoms with Gasteiger partial charge < -0.3 is 4.90 Å². The van der Waals surface area contributed by atoms with E-state index < -0.39 is 0 Å². The molecule has 1 aromatic rings. The third-order valence-corrected chi connectivity index (χ3v) is 3.62. The van der Waals surface area contributed by atoms with Gasteiger partial charge in [0.15, 0.2) is 0 Å². The molecule has 0 heterocycles. The lowest BCUT2D eigenvalue weighted by molar-refractivity contribution is -0.128. The number of carbonyl (C=O) groups excluding carboxylic acids is 1. The highest BCUT2D eigenvalue weighted by atomic mass is 16.2. The van der Waals surface area contributed by atoms with Gasteiger partial charge in [0.2, 0.25) is 5.91 Å². The maximum absolute atomic E-state index is 11.2. The first kappa shape index (κ1) is 12.2. The van der Waals surface area contributed by atoms with E-state index in [1.807, 2.05) is 7.05 Å². The monoisotopic (exact) mass is 231 g/mol. The van der Waals surface area contributed by atoms with Crippen LogP contribution in [0.5, 0.6) is 0 Å². The molecule has 0 spiro atoms. The summed E-state index contributed by atoms with van der Waals surface area (Å²) in [6, 6.07) is 6.72. The van der Waals surface area contributed by atoms with Crippen LogP contribution in [-0.4, -0.2) is 17.9 Å². The van der Waals surface area contributed by atoms with Crippen molar-refractivity contribution in [3.63, 3.8) is 0 Å². The predicted molar refractivity (Wildman–Crippen MR) is 69.8 cm³/mol. The first-order chi connectivity index (χ1) is 8.16. The van der Waals surface area contributed by atoms with Gasteiger partial charge in [-0.25, -0.2) is 0 Å². The van der Waals surface area contributed by atoms with Gasteiger partial charge in [-0.1, -0.05) is 24.6 Å². The summed E-state index contributed by atoms with van der Waals surface area (Å²) in [5.74, 6) is 0.125. The second kappa shape index (κ2) is 5.35. The van der Waals surface area contributed by atoms with Crippen LogP contribution in [0, 0.1) is 0 Å². The molecule has 1 amide bonds. The minimum Gasteiger partial charge on any atom is -0.342 e. The van der Waals surface area contributed by atoms with Gasteiger partial charge in [0.05, 0.1) is 0 Å². The molecule has 0 radical (unpaired) electrons. The molecule has 2 nitrogen and oxygen atoms in total. The van der Waals surface area contributed by atoms with E-state index in [4.69, 9.17) is 0 Å². The topological polar surface area (TPSA) is 20.3 Å². The summed E-state index contributed by atoms with van der Waals surface area (Å²) in [4.78, 5) is 13.0. The molecule has 92 valence electrons. The molecule has 2 heteroatoms. The minimum absolute atomic E-state index is 0.125. The van der Waals surface area contributed by atoms with Crippen LogP contribution in [0.25, 0.3) is 0 Å². The van der Waals surface area contributed by atoms with Gasteiger partial charge >= 0.3 is 0 Å². The number of amides is 1. The Balaban J connectivity index is 2.15. The molecule has 0 fully saturated rings. The Labute approximate surface area is 104 Å². The number of hydrogen-bond donors (Lipinski definition) is 0. The van der Waals surface area contributed by atoms with Crippen LogP contribution >= 0.6 is 0 Å². The quantitative estimate of drug-likeness (QED) is 0.717. The molecule has 0 atom stereocenters. The Kier molecular flexibility index (Phi) is 3.82. The minimum atomic E-state index is 0.125. The van der Waals surface area contributed by atoms with E-state index in [-0.39, 0.29) is 5.91 Å². The summed E-state index contributed by atoms with van der Waals surface area (Å²) >= 11 is 0. The van der Waals surface area contributed by atoms with Crippen molar-refractivity contribution in [2.75, 3.05) is 7.05 Å². The molecule has 0 unspecified atom stereocenters. The standard InChI is InChI=1S/C15H21NO/c1-12(17)16(2)11-13-8-9-14-6-4-3-5-7-15(14)10-13/h8-10H,3-7,11H2,1-2H3. The maximum atomic E-state index is 11.2. The lowest BCUT2D eigenvalue weighted by Crippen LogP contribution is -2.23. The van der Waals surface area contributed by atoms with Gasteiger partial charge in [-0.2, -0.15) is 0 Å². The SMILES string of the molecule is CC(=O)N(C)Cc1ccc2c(c1)CCCCC2. The van der Waals surface area contributed by atoms with Crippen molar-refractivity contribution in [1.82, 2.24) is 4.90 Å². The Morgan fingerprint density at radius 2 is 1.88 bits per heavy atom. The van der Waals surface area contributed by atoms with Crippen molar-refractivity contribution < 1.29 is 4.79 Å². The molecule has 0 bridgehead atoms. The van der Waals surface area contributed by atoms with E-state index in [0.29, 0.717) is 0 Å². The summed E-state index contributed by atoms with van der Waals surface area (Å²) in [6.07, 6.45) is 6.39. The molecular formula is C15H21NO. The van der Waals surface area contributed by atoms with E-state index in [0.717, 1.165) is 6.54 Å². The summed E-state index contributed by atoms with van der Waals surface area (Å²) < 4.78 is 0. The van der Waals surface area contributed by atoms with Crippen LogP contribution in [-0.2, 0) is 24.2 Å². The Morgan fingerprint density at radius 1 is 1.18 bits per heavy atom. The highest BCUT2D eigenvalue weighted by Gasteiger charge is 2.10. The molecule has 1 aliphatic carbocycles. The molecule has 0 aliphatic heterocycles. The molecule has 1 aliphatic rings. The third-order valence-electron chi connectivity index (χ3n) is 3.62. The maximum Gasteiger partial charge on any atom is 0.219 e. The van der Waals surface area contributed by atoms with Crippen LogP contribution in [0.4, 0.5) is 0 Å². The van der Waals surface area contributed by atoms with Crippen LogP contribution in [0.2, 0.25) is 0 Å². The van der Waals surface area contributed by atoms with Gasteiger partial charge in [0, 0.05) is 20.5 Å². The molecule has 17 heavy (non-hydrogen) atoms. The summed E-state index contributed by atoms with van der Waals surface area (Å²) in [5.41, 5.74) is 4.26. The second-order valence-corrected chi connectivity index (χ2v) is 5.04. The van der Waals surface area contributed by atoms with E-state index in [1.54, 1.807) is 11.8 Å². The average Bonchev–Trinajstić information content (AvgIpc) is 2.53. The summed E-state index contributed by atoms with van der Waals surface area (Å²) in [5, 5.41) is 0. The first-order valence-corrected chi connectivity index (χ1v) is 6.49. The van der Waals surface area contributed by atoms with E-state index >= 15 is 0 Å². The Morgan fingerprint density at radius 3 is 2.59 bits per heavy atom. The van der Waals surface area contributed by atoms with E-state index in [9.17, 15) is 4.79 Å². The number of benzene rings is 1. The van der Waals surface area contributed by atoms with Crippen LogP contribution in [0.1, 0.15) is 42.9 Å². The van der Waals surface area contributed by atoms with Gasteiger partial charge in [0.1, 0.15) is 0 Å². The fraction of sp³-hybridized carbons (Fsp3) is 0.533. The van der Waals surface area contributed by atoms with E-state index in [2.05, 4.69) is 18.2 Å². The molecule has 0 N–H and O–H groups in total. The van der Waals surface area contributed by atoms with Crippen molar-refractivity contribution in [1.29, 1.82) is 0 Å². The zero-order chi connectivity index (χ0) is 12.3. The smallest absolute Gasteiger partial charge is 0.219 e.